The van der Waals surface area contributed by atoms with E-state index in [1.807, 2.05) is 24.7 Å². The molecular formula is C19H32N4O2. The summed E-state index contributed by atoms with van der Waals surface area (Å²) in [7, 11) is 1.92. The molecule has 25 heavy (non-hydrogen) atoms. The number of aliphatic hydroxyl groups excluding tert-OH is 1. The van der Waals surface area contributed by atoms with E-state index in [-0.39, 0.29) is 17.9 Å². The smallest absolute Gasteiger partial charge is 0.237 e. The zero-order valence-electron chi connectivity index (χ0n) is 15.5. The molecule has 6 nitrogen and oxygen atoms in total. The van der Waals surface area contributed by atoms with Crippen LogP contribution in [-0.4, -0.2) is 50.6 Å². The minimum Gasteiger partial charge on any atom is -0.385 e. The Balaban J connectivity index is 1.47. The predicted molar refractivity (Wildman–Crippen MR) is 96.9 cm³/mol. The van der Waals surface area contributed by atoms with Crippen molar-refractivity contribution >= 4 is 5.91 Å². The van der Waals surface area contributed by atoms with Crippen LogP contribution in [0, 0.1) is 5.92 Å². The summed E-state index contributed by atoms with van der Waals surface area (Å²) in [4.78, 5) is 19.1. The molecule has 1 saturated heterocycles. The SMILES string of the molecule is CC(C(=O)NC1CCCCC1)N1CCC(C(O)c2nccn2C)CC1. The van der Waals surface area contributed by atoms with Crippen molar-refractivity contribution in [3.63, 3.8) is 0 Å². The summed E-state index contributed by atoms with van der Waals surface area (Å²) in [5, 5.41) is 13.8. The van der Waals surface area contributed by atoms with Crippen LogP contribution in [-0.2, 0) is 11.8 Å². The molecule has 6 heteroatoms. The average molecular weight is 348 g/mol. The summed E-state index contributed by atoms with van der Waals surface area (Å²) >= 11 is 0. The highest BCUT2D eigenvalue weighted by Gasteiger charge is 2.32. The molecule has 0 radical (unpaired) electrons. The van der Waals surface area contributed by atoms with Gasteiger partial charge in [0.15, 0.2) is 0 Å². The second kappa shape index (κ2) is 8.32. The molecule has 1 aromatic rings. The number of piperidine rings is 1. The first kappa shape index (κ1) is 18.4. The van der Waals surface area contributed by atoms with E-state index in [2.05, 4.69) is 15.2 Å². The van der Waals surface area contributed by atoms with Crippen LogP contribution in [0.2, 0.25) is 0 Å². The number of nitrogens with one attached hydrogen (secondary N) is 1. The second-order valence-electron chi connectivity index (χ2n) is 7.73. The maximum absolute atomic E-state index is 12.5. The van der Waals surface area contributed by atoms with Gasteiger partial charge in [0.25, 0.3) is 0 Å². The Labute approximate surface area is 150 Å². The van der Waals surface area contributed by atoms with Crippen molar-refractivity contribution in [1.82, 2.24) is 19.8 Å². The van der Waals surface area contributed by atoms with Crippen molar-refractivity contribution < 1.29 is 9.90 Å². The molecule has 2 N–H and O–H groups in total. The lowest BCUT2D eigenvalue weighted by molar-refractivity contribution is -0.127. The van der Waals surface area contributed by atoms with Crippen LogP contribution < -0.4 is 5.32 Å². The maximum atomic E-state index is 12.5. The van der Waals surface area contributed by atoms with E-state index >= 15 is 0 Å². The summed E-state index contributed by atoms with van der Waals surface area (Å²) in [5.74, 6) is 1.11. The standard InChI is InChI=1S/C19H32N4O2/c1-14(19(25)21-16-6-4-3-5-7-16)23-11-8-15(9-12-23)17(24)18-20-10-13-22(18)2/h10,13-17,24H,3-9,11-12H2,1-2H3,(H,21,25). The van der Waals surface area contributed by atoms with Gasteiger partial charge in [0, 0.05) is 25.5 Å². The molecule has 0 aromatic carbocycles. The highest BCUT2D eigenvalue weighted by Crippen LogP contribution is 2.30. The molecule has 0 bridgehead atoms. The molecule has 3 rings (SSSR count). The Hall–Kier alpha value is -1.40. The van der Waals surface area contributed by atoms with Gasteiger partial charge in [0.05, 0.1) is 6.04 Å². The van der Waals surface area contributed by atoms with Crippen molar-refractivity contribution in [2.45, 2.75) is 70.1 Å². The number of aryl methyl sites for hydroxylation is 1. The van der Waals surface area contributed by atoms with Gasteiger partial charge in [0.1, 0.15) is 11.9 Å². The number of hydrogen-bond donors (Lipinski definition) is 2. The van der Waals surface area contributed by atoms with E-state index in [1.165, 1.54) is 19.3 Å². The Morgan fingerprint density at radius 3 is 2.52 bits per heavy atom. The quantitative estimate of drug-likeness (QED) is 0.854. The van der Waals surface area contributed by atoms with Crippen molar-refractivity contribution in [2.75, 3.05) is 13.1 Å². The molecule has 1 amide bonds. The number of imidazole rings is 1. The number of carbonyl (C=O) groups excluding carboxylic acids is 1. The zero-order chi connectivity index (χ0) is 17.8. The monoisotopic (exact) mass is 348 g/mol. The Kier molecular flexibility index (Phi) is 6.12. The summed E-state index contributed by atoms with van der Waals surface area (Å²) in [6, 6.07) is 0.277. The number of amides is 1. The molecule has 2 heterocycles. The molecule has 2 atom stereocenters. The largest absolute Gasteiger partial charge is 0.385 e. The Morgan fingerprint density at radius 1 is 1.24 bits per heavy atom. The molecular weight excluding hydrogens is 316 g/mol. The van der Waals surface area contributed by atoms with E-state index in [4.69, 9.17) is 0 Å². The fourth-order valence-electron chi connectivity index (χ4n) is 4.23. The lowest BCUT2D eigenvalue weighted by atomic mass is 9.90. The van der Waals surface area contributed by atoms with Gasteiger partial charge in [-0.2, -0.15) is 0 Å². The Morgan fingerprint density at radius 2 is 1.92 bits per heavy atom. The van der Waals surface area contributed by atoms with Crippen molar-refractivity contribution in [3.05, 3.63) is 18.2 Å². The van der Waals surface area contributed by atoms with Gasteiger partial charge in [-0.1, -0.05) is 19.3 Å². The highest BCUT2D eigenvalue weighted by molar-refractivity contribution is 5.81. The number of likely N-dealkylation sites (tertiary alicyclic amines) is 1. The highest BCUT2D eigenvalue weighted by atomic mass is 16.3. The van der Waals surface area contributed by atoms with Crippen molar-refractivity contribution in [2.24, 2.45) is 13.0 Å². The molecule has 1 saturated carbocycles. The van der Waals surface area contributed by atoms with Crippen molar-refractivity contribution in [3.8, 4) is 0 Å². The second-order valence-corrected chi connectivity index (χ2v) is 7.73. The normalized spacial score (nSPS) is 23.3. The van der Waals surface area contributed by atoms with Crippen LogP contribution in [0.15, 0.2) is 12.4 Å². The van der Waals surface area contributed by atoms with Crippen LogP contribution >= 0.6 is 0 Å². The van der Waals surface area contributed by atoms with Crippen LogP contribution in [0.3, 0.4) is 0 Å². The van der Waals surface area contributed by atoms with E-state index in [0.717, 1.165) is 44.6 Å². The summed E-state index contributed by atoms with van der Waals surface area (Å²) in [5.41, 5.74) is 0. The summed E-state index contributed by atoms with van der Waals surface area (Å²) < 4.78 is 1.89. The van der Waals surface area contributed by atoms with E-state index in [9.17, 15) is 9.90 Å². The van der Waals surface area contributed by atoms with Gasteiger partial charge in [-0.05, 0) is 51.6 Å². The van der Waals surface area contributed by atoms with Crippen LogP contribution in [0.4, 0.5) is 0 Å². The number of aromatic nitrogens is 2. The first-order chi connectivity index (χ1) is 12.1. The average Bonchev–Trinajstić information content (AvgIpc) is 3.07. The van der Waals surface area contributed by atoms with E-state index < -0.39 is 6.10 Å². The number of rotatable bonds is 5. The third-order valence-electron chi connectivity index (χ3n) is 6.02. The lowest BCUT2D eigenvalue weighted by Crippen LogP contribution is -2.51. The first-order valence-corrected chi connectivity index (χ1v) is 9.76. The number of carbonyl (C=O) groups is 1. The first-order valence-electron chi connectivity index (χ1n) is 9.76. The number of nitrogens with zero attached hydrogens (tertiary/aromatic N) is 3. The van der Waals surface area contributed by atoms with Gasteiger partial charge in [-0.15, -0.1) is 0 Å². The molecule has 0 spiro atoms. The van der Waals surface area contributed by atoms with E-state index in [1.54, 1.807) is 6.20 Å². The van der Waals surface area contributed by atoms with Gasteiger partial charge >= 0.3 is 0 Å². The van der Waals surface area contributed by atoms with E-state index in [0.29, 0.717) is 6.04 Å². The van der Waals surface area contributed by atoms with Crippen LogP contribution in [0.5, 0.6) is 0 Å². The third kappa shape index (κ3) is 4.42. The van der Waals surface area contributed by atoms with Crippen LogP contribution in [0.1, 0.15) is 63.8 Å². The van der Waals surface area contributed by atoms with Gasteiger partial charge in [-0.3, -0.25) is 9.69 Å². The summed E-state index contributed by atoms with van der Waals surface area (Å²) in [6.07, 6.45) is 10.9. The molecule has 1 aliphatic heterocycles. The zero-order valence-corrected chi connectivity index (χ0v) is 15.5. The maximum Gasteiger partial charge on any atom is 0.237 e. The molecule has 2 unspecified atom stereocenters. The number of hydrogen-bond acceptors (Lipinski definition) is 4. The molecule has 140 valence electrons. The van der Waals surface area contributed by atoms with Gasteiger partial charge in [-0.25, -0.2) is 4.98 Å². The number of aliphatic hydroxyl groups is 1. The van der Waals surface area contributed by atoms with Crippen LogP contribution in [0.25, 0.3) is 0 Å². The van der Waals surface area contributed by atoms with Gasteiger partial charge in [0.2, 0.25) is 5.91 Å². The third-order valence-corrected chi connectivity index (χ3v) is 6.02. The fourth-order valence-corrected chi connectivity index (χ4v) is 4.23. The minimum atomic E-state index is -0.520. The molecule has 2 aliphatic rings. The lowest BCUT2D eigenvalue weighted by Gasteiger charge is -2.37. The fraction of sp³-hybridized carbons (Fsp3) is 0.789. The molecule has 1 aromatic heterocycles. The topological polar surface area (TPSA) is 70.4 Å². The van der Waals surface area contributed by atoms with Crippen molar-refractivity contribution in [1.29, 1.82) is 0 Å². The summed E-state index contributed by atoms with van der Waals surface area (Å²) in [6.45, 7) is 3.71. The molecule has 2 fully saturated rings. The molecule has 1 aliphatic carbocycles. The Bertz CT molecular complexity index is 560. The van der Waals surface area contributed by atoms with Gasteiger partial charge < -0.3 is 15.0 Å². The minimum absolute atomic E-state index is 0.0896. The predicted octanol–water partition coefficient (Wildman–Crippen LogP) is 2.00.